The smallest absolute Gasteiger partial charge is 0.109 e. The Morgan fingerprint density at radius 1 is 0.941 bits per heavy atom. The van der Waals surface area contributed by atoms with Crippen LogP contribution in [0, 0.1) is 0 Å². The van der Waals surface area contributed by atoms with Gasteiger partial charge in [0.2, 0.25) is 0 Å². The zero-order valence-electron chi connectivity index (χ0n) is 10.5. The van der Waals surface area contributed by atoms with E-state index in [1.165, 1.54) is 56.5 Å². The third-order valence-electron chi connectivity index (χ3n) is 4.39. The Bertz CT molecular complexity index is 314. The van der Waals surface area contributed by atoms with E-state index in [0.717, 1.165) is 13.1 Å². The Morgan fingerprint density at radius 3 is 2.47 bits per heavy atom. The Morgan fingerprint density at radius 2 is 1.71 bits per heavy atom. The summed E-state index contributed by atoms with van der Waals surface area (Å²) in [5, 5.41) is 3.42. The summed E-state index contributed by atoms with van der Waals surface area (Å²) in [5.74, 6) is 2.68. The van der Waals surface area contributed by atoms with Gasteiger partial charge in [-0.2, -0.15) is 0 Å². The van der Waals surface area contributed by atoms with Crippen molar-refractivity contribution in [1.29, 1.82) is 0 Å². The molecule has 1 saturated carbocycles. The number of nitrogens with one attached hydrogen (secondary N) is 2. The van der Waals surface area contributed by atoms with Crippen LogP contribution in [0.3, 0.4) is 0 Å². The first kappa shape index (κ1) is 11.3. The first-order chi connectivity index (χ1) is 8.43. The van der Waals surface area contributed by atoms with Gasteiger partial charge in [-0.3, -0.25) is 0 Å². The molecule has 0 unspecified atom stereocenters. The van der Waals surface area contributed by atoms with E-state index in [0.29, 0.717) is 11.8 Å². The molecule has 1 aromatic heterocycles. The highest BCUT2D eigenvalue weighted by Crippen LogP contribution is 2.32. The summed E-state index contributed by atoms with van der Waals surface area (Å²) in [6.07, 6.45) is 11.5. The average molecular weight is 233 g/mol. The maximum Gasteiger partial charge on any atom is 0.109 e. The van der Waals surface area contributed by atoms with E-state index in [9.17, 15) is 0 Å². The number of hydrogen-bond donors (Lipinski definition) is 2. The number of nitrogens with zero attached hydrogens (tertiary/aromatic N) is 1. The predicted octanol–water partition coefficient (Wildman–Crippen LogP) is 2.92. The van der Waals surface area contributed by atoms with Gasteiger partial charge < -0.3 is 10.3 Å². The van der Waals surface area contributed by atoms with Crippen LogP contribution in [0.15, 0.2) is 6.20 Å². The normalized spacial score (nSPS) is 24.0. The highest BCUT2D eigenvalue weighted by atomic mass is 14.9. The SMILES string of the molecule is c1nc(C2CCCCC2)[nH]c1C1CCNCC1. The summed E-state index contributed by atoms with van der Waals surface area (Å²) in [7, 11) is 0. The summed E-state index contributed by atoms with van der Waals surface area (Å²) in [6, 6.07) is 0. The fourth-order valence-corrected chi connectivity index (χ4v) is 3.28. The molecule has 2 heterocycles. The Kier molecular flexibility index (Phi) is 3.46. The van der Waals surface area contributed by atoms with Gasteiger partial charge >= 0.3 is 0 Å². The Balaban J connectivity index is 1.68. The van der Waals surface area contributed by atoms with E-state index < -0.39 is 0 Å². The minimum absolute atomic E-state index is 0.708. The van der Waals surface area contributed by atoms with Crippen LogP contribution in [0.4, 0.5) is 0 Å². The molecule has 0 bridgehead atoms. The van der Waals surface area contributed by atoms with E-state index in [1.54, 1.807) is 0 Å². The molecular formula is C14H23N3. The Labute approximate surface area is 103 Å². The van der Waals surface area contributed by atoms with Crippen LogP contribution >= 0.6 is 0 Å². The minimum atomic E-state index is 0.708. The van der Waals surface area contributed by atoms with Crippen LogP contribution in [0.2, 0.25) is 0 Å². The highest BCUT2D eigenvalue weighted by molar-refractivity contribution is 5.11. The lowest BCUT2D eigenvalue weighted by Gasteiger charge is -2.22. The van der Waals surface area contributed by atoms with Crippen molar-refractivity contribution in [2.75, 3.05) is 13.1 Å². The molecule has 0 aromatic carbocycles. The van der Waals surface area contributed by atoms with Gasteiger partial charge in [0.15, 0.2) is 0 Å². The van der Waals surface area contributed by atoms with Gasteiger partial charge in [0.05, 0.1) is 0 Å². The van der Waals surface area contributed by atoms with Gasteiger partial charge in [-0.1, -0.05) is 19.3 Å². The lowest BCUT2D eigenvalue weighted by molar-refractivity contribution is 0.427. The molecule has 3 nitrogen and oxygen atoms in total. The number of rotatable bonds is 2. The summed E-state index contributed by atoms with van der Waals surface area (Å²) >= 11 is 0. The first-order valence-electron chi connectivity index (χ1n) is 7.19. The Hall–Kier alpha value is -0.830. The van der Waals surface area contributed by atoms with Crippen LogP contribution < -0.4 is 5.32 Å². The molecule has 2 aliphatic rings. The van der Waals surface area contributed by atoms with Crippen molar-refractivity contribution in [3.05, 3.63) is 17.7 Å². The number of piperidine rings is 1. The fourth-order valence-electron chi connectivity index (χ4n) is 3.28. The predicted molar refractivity (Wildman–Crippen MR) is 69.3 cm³/mol. The van der Waals surface area contributed by atoms with Gasteiger partial charge in [-0.15, -0.1) is 0 Å². The van der Waals surface area contributed by atoms with E-state index in [2.05, 4.69) is 21.5 Å². The largest absolute Gasteiger partial charge is 0.345 e. The number of hydrogen-bond acceptors (Lipinski definition) is 2. The maximum absolute atomic E-state index is 4.64. The maximum atomic E-state index is 4.64. The van der Waals surface area contributed by atoms with Crippen LogP contribution in [0.1, 0.15) is 68.3 Å². The van der Waals surface area contributed by atoms with Gasteiger partial charge in [0.25, 0.3) is 0 Å². The quantitative estimate of drug-likeness (QED) is 0.824. The zero-order valence-corrected chi connectivity index (χ0v) is 10.5. The lowest BCUT2D eigenvalue weighted by atomic mass is 9.89. The highest BCUT2D eigenvalue weighted by Gasteiger charge is 2.21. The summed E-state index contributed by atoms with van der Waals surface area (Å²) in [5.41, 5.74) is 1.38. The molecule has 17 heavy (non-hydrogen) atoms. The molecular weight excluding hydrogens is 210 g/mol. The van der Waals surface area contributed by atoms with E-state index in [4.69, 9.17) is 0 Å². The van der Waals surface area contributed by atoms with Crippen molar-refractivity contribution in [2.45, 2.75) is 56.8 Å². The number of aromatic amines is 1. The molecule has 2 N–H and O–H groups in total. The molecule has 1 aromatic rings. The van der Waals surface area contributed by atoms with Crippen LogP contribution in [0.5, 0.6) is 0 Å². The monoisotopic (exact) mass is 233 g/mol. The molecule has 3 rings (SSSR count). The molecule has 94 valence electrons. The third kappa shape index (κ3) is 2.54. The topological polar surface area (TPSA) is 40.7 Å². The number of H-pyrrole nitrogens is 1. The summed E-state index contributed by atoms with van der Waals surface area (Å²) in [4.78, 5) is 8.25. The molecule has 0 amide bonds. The standard InChI is InChI=1S/C14H23N3/c1-2-4-12(5-3-1)14-16-10-13(17-14)11-6-8-15-9-7-11/h10-12,15H,1-9H2,(H,16,17). The van der Waals surface area contributed by atoms with Crippen molar-refractivity contribution in [3.8, 4) is 0 Å². The fraction of sp³-hybridized carbons (Fsp3) is 0.786. The van der Waals surface area contributed by atoms with Gasteiger partial charge in [0.1, 0.15) is 5.82 Å². The van der Waals surface area contributed by atoms with E-state index >= 15 is 0 Å². The molecule has 1 aliphatic carbocycles. The molecule has 0 spiro atoms. The van der Waals surface area contributed by atoms with Crippen molar-refractivity contribution in [2.24, 2.45) is 0 Å². The summed E-state index contributed by atoms with van der Waals surface area (Å²) in [6.45, 7) is 2.31. The van der Waals surface area contributed by atoms with Gasteiger partial charge in [-0.05, 0) is 38.8 Å². The molecule has 3 heteroatoms. The average Bonchev–Trinajstić information content (AvgIpc) is 2.90. The second kappa shape index (κ2) is 5.21. The summed E-state index contributed by atoms with van der Waals surface area (Å²) < 4.78 is 0. The van der Waals surface area contributed by atoms with Crippen LogP contribution in [0.25, 0.3) is 0 Å². The van der Waals surface area contributed by atoms with Gasteiger partial charge in [-0.25, -0.2) is 4.98 Å². The molecule has 1 aliphatic heterocycles. The molecule has 0 radical (unpaired) electrons. The van der Waals surface area contributed by atoms with Gasteiger partial charge in [0, 0.05) is 23.7 Å². The van der Waals surface area contributed by atoms with Crippen molar-refractivity contribution in [3.63, 3.8) is 0 Å². The van der Waals surface area contributed by atoms with Crippen molar-refractivity contribution in [1.82, 2.24) is 15.3 Å². The van der Waals surface area contributed by atoms with Crippen LogP contribution in [-0.2, 0) is 0 Å². The second-order valence-electron chi connectivity index (χ2n) is 5.58. The number of imidazole rings is 1. The van der Waals surface area contributed by atoms with Crippen LogP contribution in [-0.4, -0.2) is 23.1 Å². The van der Waals surface area contributed by atoms with E-state index in [-0.39, 0.29) is 0 Å². The lowest BCUT2D eigenvalue weighted by Crippen LogP contribution is -2.26. The minimum Gasteiger partial charge on any atom is -0.345 e. The number of aromatic nitrogens is 2. The third-order valence-corrected chi connectivity index (χ3v) is 4.39. The molecule has 1 saturated heterocycles. The zero-order chi connectivity index (χ0) is 11.5. The first-order valence-corrected chi connectivity index (χ1v) is 7.19. The van der Waals surface area contributed by atoms with E-state index in [1.807, 2.05) is 0 Å². The second-order valence-corrected chi connectivity index (χ2v) is 5.58. The molecule has 0 atom stereocenters. The van der Waals surface area contributed by atoms with Crippen molar-refractivity contribution >= 4 is 0 Å². The molecule has 2 fully saturated rings. The van der Waals surface area contributed by atoms with Crippen molar-refractivity contribution < 1.29 is 0 Å².